The van der Waals surface area contributed by atoms with Gasteiger partial charge in [-0.25, -0.2) is 0 Å². The largest absolute Gasteiger partial charge is 0.386 e. The van der Waals surface area contributed by atoms with Crippen molar-refractivity contribution in [1.82, 2.24) is 9.78 Å². The van der Waals surface area contributed by atoms with Gasteiger partial charge in [0.25, 0.3) is 0 Å². The zero-order valence-corrected chi connectivity index (χ0v) is 13.1. The first kappa shape index (κ1) is 14.1. The van der Waals surface area contributed by atoms with Crippen LogP contribution in [-0.2, 0) is 0 Å². The molecular formula is C14H23BrN2O. The molecule has 1 atom stereocenters. The lowest BCUT2D eigenvalue weighted by molar-refractivity contribution is 0.000967. The van der Waals surface area contributed by atoms with Crippen molar-refractivity contribution in [3.8, 4) is 0 Å². The fraction of sp³-hybridized carbons (Fsp3) is 0.786. The van der Waals surface area contributed by atoms with Crippen LogP contribution in [0.3, 0.4) is 0 Å². The maximum Gasteiger partial charge on any atom is 0.102 e. The Morgan fingerprint density at radius 1 is 1.33 bits per heavy atom. The number of hydrogen-bond acceptors (Lipinski definition) is 2. The molecule has 1 aromatic heterocycles. The number of halogens is 1. The summed E-state index contributed by atoms with van der Waals surface area (Å²) < 4.78 is 2.87. The van der Waals surface area contributed by atoms with Crippen LogP contribution < -0.4 is 0 Å². The van der Waals surface area contributed by atoms with Gasteiger partial charge >= 0.3 is 0 Å². The minimum absolute atomic E-state index is 0.00650. The molecule has 4 heteroatoms. The standard InChI is InChI=1S/C14H23BrN2O/c1-10(2)17-12(11(15)9-16-17)13(18)14(3)7-5-4-6-8-14/h9-10,13,18H,4-8H2,1-3H3. The number of aliphatic hydroxyl groups is 1. The van der Waals surface area contributed by atoms with Crippen LogP contribution in [0.15, 0.2) is 10.7 Å². The summed E-state index contributed by atoms with van der Waals surface area (Å²) in [5.74, 6) is 0. The van der Waals surface area contributed by atoms with Gasteiger partial charge in [-0.2, -0.15) is 5.10 Å². The molecule has 0 spiro atoms. The lowest BCUT2D eigenvalue weighted by Crippen LogP contribution is -2.30. The van der Waals surface area contributed by atoms with Crippen molar-refractivity contribution in [1.29, 1.82) is 0 Å². The minimum Gasteiger partial charge on any atom is -0.386 e. The summed E-state index contributed by atoms with van der Waals surface area (Å²) in [6, 6.07) is 0.271. The highest BCUT2D eigenvalue weighted by molar-refractivity contribution is 9.10. The van der Waals surface area contributed by atoms with Crippen molar-refractivity contribution < 1.29 is 5.11 Å². The van der Waals surface area contributed by atoms with E-state index in [9.17, 15) is 5.11 Å². The van der Waals surface area contributed by atoms with E-state index in [0.29, 0.717) is 0 Å². The highest BCUT2D eigenvalue weighted by atomic mass is 79.9. The second-order valence-electron chi connectivity index (χ2n) is 6.03. The number of aromatic nitrogens is 2. The molecule has 102 valence electrons. The summed E-state index contributed by atoms with van der Waals surface area (Å²) >= 11 is 3.53. The number of hydrogen-bond donors (Lipinski definition) is 1. The van der Waals surface area contributed by atoms with E-state index in [1.807, 2.05) is 4.68 Å². The molecule has 2 rings (SSSR count). The molecule has 0 aliphatic heterocycles. The van der Waals surface area contributed by atoms with Gasteiger partial charge in [-0.15, -0.1) is 0 Å². The highest BCUT2D eigenvalue weighted by Gasteiger charge is 2.38. The Balaban J connectivity index is 2.32. The number of nitrogens with zero attached hydrogens (tertiary/aromatic N) is 2. The Morgan fingerprint density at radius 3 is 2.50 bits per heavy atom. The molecule has 1 saturated carbocycles. The third kappa shape index (κ3) is 2.50. The maximum absolute atomic E-state index is 10.8. The fourth-order valence-corrected chi connectivity index (χ4v) is 3.47. The number of rotatable bonds is 3. The van der Waals surface area contributed by atoms with Gasteiger partial charge < -0.3 is 5.11 Å². The SMILES string of the molecule is CC(C)n1ncc(Br)c1C(O)C1(C)CCCCC1. The van der Waals surface area contributed by atoms with Gasteiger partial charge in [0.1, 0.15) is 6.10 Å². The van der Waals surface area contributed by atoms with Gasteiger partial charge in [-0.1, -0.05) is 26.2 Å². The molecule has 0 radical (unpaired) electrons. The van der Waals surface area contributed by atoms with Crippen LogP contribution in [-0.4, -0.2) is 14.9 Å². The molecular weight excluding hydrogens is 292 g/mol. The Labute approximate surface area is 118 Å². The summed E-state index contributed by atoms with van der Waals surface area (Å²) in [4.78, 5) is 0. The fourth-order valence-electron chi connectivity index (χ4n) is 2.98. The summed E-state index contributed by atoms with van der Waals surface area (Å²) in [6.07, 6.45) is 7.31. The molecule has 1 aliphatic carbocycles. The predicted octanol–water partition coefficient (Wildman–Crippen LogP) is 4.23. The molecule has 1 N–H and O–H groups in total. The van der Waals surface area contributed by atoms with E-state index in [4.69, 9.17) is 0 Å². The molecule has 3 nitrogen and oxygen atoms in total. The monoisotopic (exact) mass is 314 g/mol. The molecule has 0 amide bonds. The van der Waals surface area contributed by atoms with Crippen molar-refractivity contribution in [2.45, 2.75) is 65.0 Å². The zero-order valence-electron chi connectivity index (χ0n) is 11.5. The number of aliphatic hydroxyl groups excluding tert-OH is 1. The van der Waals surface area contributed by atoms with E-state index < -0.39 is 6.10 Å². The molecule has 18 heavy (non-hydrogen) atoms. The average Bonchev–Trinajstić information content (AvgIpc) is 2.71. The van der Waals surface area contributed by atoms with Gasteiger partial charge in [0, 0.05) is 6.04 Å². The molecule has 1 aliphatic rings. The topological polar surface area (TPSA) is 38.0 Å². The van der Waals surface area contributed by atoms with Crippen LogP contribution in [0.1, 0.15) is 70.7 Å². The predicted molar refractivity (Wildman–Crippen MR) is 76.5 cm³/mol. The van der Waals surface area contributed by atoms with E-state index in [-0.39, 0.29) is 11.5 Å². The first-order chi connectivity index (χ1) is 8.46. The third-order valence-electron chi connectivity index (χ3n) is 4.19. The molecule has 0 bridgehead atoms. The van der Waals surface area contributed by atoms with Gasteiger partial charge in [-0.3, -0.25) is 4.68 Å². The summed E-state index contributed by atoms with van der Waals surface area (Å²) in [5, 5.41) is 15.2. The average molecular weight is 315 g/mol. The Kier molecular flexibility index (Phi) is 4.17. The Hall–Kier alpha value is -0.350. The van der Waals surface area contributed by atoms with E-state index in [1.165, 1.54) is 19.3 Å². The quantitative estimate of drug-likeness (QED) is 0.906. The van der Waals surface area contributed by atoms with Crippen LogP contribution in [0.5, 0.6) is 0 Å². The molecule has 1 aromatic rings. The molecule has 1 heterocycles. The Morgan fingerprint density at radius 2 is 1.94 bits per heavy atom. The second-order valence-corrected chi connectivity index (χ2v) is 6.89. The normalized spacial score (nSPS) is 21.2. The first-order valence-corrected chi connectivity index (χ1v) is 7.66. The molecule has 1 fully saturated rings. The maximum atomic E-state index is 10.8. The second kappa shape index (κ2) is 5.33. The highest BCUT2D eigenvalue weighted by Crippen LogP contribution is 2.47. The first-order valence-electron chi connectivity index (χ1n) is 6.87. The van der Waals surface area contributed by atoms with Crippen molar-refractivity contribution in [2.75, 3.05) is 0 Å². The van der Waals surface area contributed by atoms with E-state index in [2.05, 4.69) is 41.8 Å². The van der Waals surface area contributed by atoms with Crippen molar-refractivity contribution in [2.24, 2.45) is 5.41 Å². The molecule has 0 saturated heterocycles. The molecule has 0 aromatic carbocycles. The molecule has 1 unspecified atom stereocenters. The lowest BCUT2D eigenvalue weighted by Gasteiger charge is -2.38. The van der Waals surface area contributed by atoms with E-state index in [0.717, 1.165) is 23.0 Å². The minimum atomic E-state index is -0.433. The van der Waals surface area contributed by atoms with Crippen LogP contribution in [0, 0.1) is 5.41 Å². The van der Waals surface area contributed by atoms with Gasteiger partial charge in [0.2, 0.25) is 0 Å². The van der Waals surface area contributed by atoms with Gasteiger partial charge in [-0.05, 0) is 48.0 Å². The summed E-state index contributed by atoms with van der Waals surface area (Å²) in [6.45, 7) is 6.40. The van der Waals surface area contributed by atoms with Crippen LogP contribution in [0.2, 0.25) is 0 Å². The van der Waals surface area contributed by atoms with Crippen molar-refractivity contribution in [3.05, 3.63) is 16.4 Å². The van der Waals surface area contributed by atoms with E-state index >= 15 is 0 Å². The lowest BCUT2D eigenvalue weighted by atomic mass is 9.71. The van der Waals surface area contributed by atoms with Crippen LogP contribution >= 0.6 is 15.9 Å². The van der Waals surface area contributed by atoms with Crippen LogP contribution in [0.4, 0.5) is 0 Å². The van der Waals surface area contributed by atoms with E-state index in [1.54, 1.807) is 6.20 Å². The van der Waals surface area contributed by atoms with Crippen molar-refractivity contribution in [3.63, 3.8) is 0 Å². The van der Waals surface area contributed by atoms with Gasteiger partial charge in [0.15, 0.2) is 0 Å². The van der Waals surface area contributed by atoms with Crippen molar-refractivity contribution >= 4 is 15.9 Å². The summed E-state index contributed by atoms with van der Waals surface area (Å²) in [5.41, 5.74) is 0.933. The smallest absolute Gasteiger partial charge is 0.102 e. The van der Waals surface area contributed by atoms with Crippen LogP contribution in [0.25, 0.3) is 0 Å². The zero-order chi connectivity index (χ0) is 13.3. The summed E-state index contributed by atoms with van der Waals surface area (Å²) in [7, 11) is 0. The Bertz CT molecular complexity index is 408. The third-order valence-corrected chi connectivity index (χ3v) is 4.80. The van der Waals surface area contributed by atoms with Gasteiger partial charge in [0.05, 0.1) is 16.4 Å².